The van der Waals surface area contributed by atoms with Crippen LogP contribution in [0.25, 0.3) is 0 Å². The molecule has 114 valence electrons. The molecule has 2 aliphatic rings. The third kappa shape index (κ3) is 3.32. The number of aryl methyl sites for hydroxylation is 1. The number of aromatic nitrogens is 1. The molecular formula is C15H22N4O2. The zero-order valence-corrected chi connectivity index (χ0v) is 12.4. The first kappa shape index (κ1) is 14.3. The minimum absolute atomic E-state index is 0.174. The van der Waals surface area contributed by atoms with Gasteiger partial charge in [0.25, 0.3) is 5.69 Å². The molecule has 1 aliphatic carbocycles. The highest BCUT2D eigenvalue weighted by atomic mass is 16.6. The maximum Gasteiger partial charge on any atom is 0.277 e. The number of hydrogen-bond donors (Lipinski definition) is 1. The fourth-order valence-electron chi connectivity index (χ4n) is 3.03. The molecule has 0 bridgehead atoms. The molecule has 1 unspecified atom stereocenters. The Bertz CT molecular complexity index is 524. The van der Waals surface area contributed by atoms with E-state index in [4.69, 9.17) is 0 Å². The first-order chi connectivity index (χ1) is 10.1. The van der Waals surface area contributed by atoms with E-state index < -0.39 is 0 Å². The molecule has 1 aromatic rings. The summed E-state index contributed by atoms with van der Waals surface area (Å²) in [5, 5.41) is 14.6. The van der Waals surface area contributed by atoms with Crippen molar-refractivity contribution in [3.63, 3.8) is 0 Å². The number of nitrogens with zero attached hydrogens (tertiary/aromatic N) is 3. The summed E-state index contributed by atoms with van der Waals surface area (Å²) in [6.45, 7) is 4.83. The summed E-state index contributed by atoms with van der Waals surface area (Å²) in [7, 11) is 0. The molecule has 21 heavy (non-hydrogen) atoms. The Kier molecular flexibility index (Phi) is 4.05. The Morgan fingerprint density at radius 2 is 2.29 bits per heavy atom. The second kappa shape index (κ2) is 5.97. The fourth-order valence-corrected chi connectivity index (χ4v) is 3.03. The molecule has 1 aromatic heterocycles. The molecule has 1 aliphatic heterocycles. The lowest BCUT2D eigenvalue weighted by molar-refractivity contribution is -0.385. The van der Waals surface area contributed by atoms with Crippen LogP contribution in [0.3, 0.4) is 0 Å². The SMILES string of the molecule is Cc1cnc(N(CC2CCCNC2)C2CC2)cc1[N+](=O)[O-]. The van der Waals surface area contributed by atoms with Crippen LogP contribution in [0.1, 0.15) is 31.2 Å². The van der Waals surface area contributed by atoms with Crippen LogP contribution >= 0.6 is 0 Å². The molecule has 1 saturated heterocycles. The van der Waals surface area contributed by atoms with E-state index in [2.05, 4.69) is 15.2 Å². The van der Waals surface area contributed by atoms with Gasteiger partial charge in [-0.25, -0.2) is 4.98 Å². The summed E-state index contributed by atoms with van der Waals surface area (Å²) in [6, 6.07) is 2.16. The summed E-state index contributed by atoms with van der Waals surface area (Å²) >= 11 is 0. The van der Waals surface area contributed by atoms with Gasteiger partial charge in [0.15, 0.2) is 0 Å². The highest BCUT2D eigenvalue weighted by Gasteiger charge is 2.32. The first-order valence-electron chi connectivity index (χ1n) is 7.73. The number of nitro groups is 1. The molecule has 1 N–H and O–H groups in total. The summed E-state index contributed by atoms with van der Waals surface area (Å²) in [6.07, 6.45) is 6.41. The largest absolute Gasteiger partial charge is 0.353 e. The summed E-state index contributed by atoms with van der Waals surface area (Å²) in [5.74, 6) is 1.38. The number of nitrogens with one attached hydrogen (secondary N) is 1. The zero-order chi connectivity index (χ0) is 14.8. The Morgan fingerprint density at radius 3 is 2.90 bits per heavy atom. The van der Waals surface area contributed by atoms with Crippen molar-refractivity contribution in [1.29, 1.82) is 0 Å². The molecular weight excluding hydrogens is 268 g/mol. The summed E-state index contributed by atoms with van der Waals surface area (Å²) in [4.78, 5) is 17.5. The Balaban J connectivity index is 1.80. The number of hydrogen-bond acceptors (Lipinski definition) is 5. The maximum atomic E-state index is 11.1. The van der Waals surface area contributed by atoms with Crippen LogP contribution in [0, 0.1) is 23.0 Å². The number of piperidine rings is 1. The van der Waals surface area contributed by atoms with Crippen molar-refractivity contribution in [2.45, 2.75) is 38.6 Å². The monoisotopic (exact) mass is 290 g/mol. The van der Waals surface area contributed by atoms with Crippen molar-refractivity contribution < 1.29 is 4.92 Å². The van der Waals surface area contributed by atoms with Gasteiger partial charge in [-0.1, -0.05) is 0 Å². The molecule has 6 heteroatoms. The van der Waals surface area contributed by atoms with Crippen molar-refractivity contribution >= 4 is 11.5 Å². The maximum absolute atomic E-state index is 11.1. The van der Waals surface area contributed by atoms with Gasteiger partial charge in [-0.3, -0.25) is 10.1 Å². The van der Waals surface area contributed by atoms with E-state index >= 15 is 0 Å². The lowest BCUT2D eigenvalue weighted by atomic mass is 9.99. The van der Waals surface area contributed by atoms with Gasteiger partial charge in [-0.05, 0) is 51.6 Å². The van der Waals surface area contributed by atoms with Gasteiger partial charge in [0.2, 0.25) is 0 Å². The smallest absolute Gasteiger partial charge is 0.277 e. The quantitative estimate of drug-likeness (QED) is 0.665. The molecule has 1 saturated carbocycles. The van der Waals surface area contributed by atoms with E-state index in [1.807, 2.05) is 0 Å². The molecule has 0 radical (unpaired) electrons. The van der Waals surface area contributed by atoms with Crippen molar-refractivity contribution in [3.05, 3.63) is 27.9 Å². The van der Waals surface area contributed by atoms with Gasteiger partial charge in [-0.15, -0.1) is 0 Å². The molecule has 2 fully saturated rings. The van der Waals surface area contributed by atoms with Crippen LogP contribution in [-0.4, -0.2) is 35.6 Å². The van der Waals surface area contributed by atoms with Crippen LogP contribution in [0.4, 0.5) is 11.5 Å². The van der Waals surface area contributed by atoms with E-state index in [1.54, 1.807) is 19.2 Å². The van der Waals surface area contributed by atoms with Crippen LogP contribution in [0.5, 0.6) is 0 Å². The number of rotatable bonds is 5. The van der Waals surface area contributed by atoms with E-state index in [-0.39, 0.29) is 10.6 Å². The van der Waals surface area contributed by atoms with E-state index in [0.29, 0.717) is 17.5 Å². The molecule has 0 amide bonds. The van der Waals surface area contributed by atoms with Gasteiger partial charge >= 0.3 is 0 Å². The third-order valence-corrected chi connectivity index (χ3v) is 4.39. The fraction of sp³-hybridized carbons (Fsp3) is 0.667. The Hall–Kier alpha value is -1.69. The molecule has 0 spiro atoms. The first-order valence-corrected chi connectivity index (χ1v) is 7.73. The van der Waals surface area contributed by atoms with Crippen LogP contribution in [-0.2, 0) is 0 Å². The molecule has 6 nitrogen and oxygen atoms in total. The average Bonchev–Trinajstić information content (AvgIpc) is 3.31. The van der Waals surface area contributed by atoms with E-state index in [0.717, 1.165) is 25.5 Å². The zero-order valence-electron chi connectivity index (χ0n) is 12.4. The molecule has 3 rings (SSSR count). The average molecular weight is 290 g/mol. The lowest BCUT2D eigenvalue weighted by Gasteiger charge is -2.31. The van der Waals surface area contributed by atoms with Crippen molar-refractivity contribution in [2.24, 2.45) is 5.92 Å². The predicted octanol–water partition coefficient (Wildman–Crippen LogP) is 2.27. The molecule has 2 heterocycles. The highest BCUT2D eigenvalue weighted by molar-refractivity contribution is 5.52. The second-order valence-corrected chi connectivity index (χ2v) is 6.18. The van der Waals surface area contributed by atoms with Crippen LogP contribution in [0.2, 0.25) is 0 Å². The van der Waals surface area contributed by atoms with Crippen LogP contribution < -0.4 is 10.2 Å². The predicted molar refractivity (Wildman–Crippen MR) is 81.6 cm³/mol. The minimum atomic E-state index is -0.312. The standard InChI is InChI=1S/C15H22N4O2/c1-11-8-17-15(7-14(11)19(20)21)18(13-4-5-13)10-12-3-2-6-16-9-12/h7-8,12-13,16H,2-6,9-10H2,1H3. The normalized spacial score (nSPS) is 22.0. The third-order valence-electron chi connectivity index (χ3n) is 4.39. The van der Waals surface area contributed by atoms with Crippen molar-refractivity contribution in [2.75, 3.05) is 24.5 Å². The summed E-state index contributed by atoms with van der Waals surface area (Å²) < 4.78 is 0. The van der Waals surface area contributed by atoms with E-state index in [9.17, 15) is 10.1 Å². The minimum Gasteiger partial charge on any atom is -0.353 e. The van der Waals surface area contributed by atoms with Gasteiger partial charge in [0.05, 0.1) is 11.0 Å². The van der Waals surface area contributed by atoms with Crippen molar-refractivity contribution in [3.8, 4) is 0 Å². The Labute approximate surface area is 124 Å². The number of anilines is 1. The lowest BCUT2D eigenvalue weighted by Crippen LogP contribution is -2.39. The van der Waals surface area contributed by atoms with Gasteiger partial charge in [0.1, 0.15) is 5.82 Å². The van der Waals surface area contributed by atoms with E-state index in [1.165, 1.54) is 25.7 Å². The van der Waals surface area contributed by atoms with Crippen molar-refractivity contribution in [1.82, 2.24) is 10.3 Å². The van der Waals surface area contributed by atoms with Gasteiger partial charge in [0, 0.05) is 24.3 Å². The second-order valence-electron chi connectivity index (χ2n) is 6.18. The highest BCUT2D eigenvalue weighted by Crippen LogP contribution is 2.34. The molecule has 1 atom stereocenters. The Morgan fingerprint density at radius 1 is 1.48 bits per heavy atom. The number of pyridine rings is 1. The van der Waals surface area contributed by atoms with Gasteiger partial charge in [-0.2, -0.15) is 0 Å². The molecule has 0 aromatic carbocycles. The summed E-state index contributed by atoms with van der Waals surface area (Å²) in [5.41, 5.74) is 0.797. The van der Waals surface area contributed by atoms with Crippen LogP contribution in [0.15, 0.2) is 12.3 Å². The van der Waals surface area contributed by atoms with Gasteiger partial charge < -0.3 is 10.2 Å². The topological polar surface area (TPSA) is 71.3 Å².